The summed E-state index contributed by atoms with van der Waals surface area (Å²) in [5, 5.41) is 10.2. The number of phenols is 1. The molecule has 98 valence electrons. The Balaban J connectivity index is 3.19. The highest BCUT2D eigenvalue weighted by atomic mass is 16.3. The Hall–Kier alpha value is -1.50. The third-order valence-corrected chi connectivity index (χ3v) is 2.79. The first-order valence-electron chi connectivity index (χ1n) is 6.43. The zero-order valence-electron chi connectivity index (χ0n) is 11.8. The number of phenolic OH excluding ortho intramolecular Hbond substituents is 1. The molecule has 0 aliphatic rings. The standard InChI is InChI=1S/C17H24O/c1-6-8-14-10-13(12-17(3,4)5)11-15(9-7-2)16(14)18/h6-7,10-11,18H,1-2,8-9,12H2,3-5H3. The molecule has 0 unspecified atom stereocenters. The van der Waals surface area contributed by atoms with Crippen molar-refractivity contribution < 1.29 is 5.11 Å². The summed E-state index contributed by atoms with van der Waals surface area (Å²) in [6.45, 7) is 14.2. The highest BCUT2D eigenvalue weighted by Crippen LogP contribution is 2.29. The van der Waals surface area contributed by atoms with Crippen LogP contribution in [0.15, 0.2) is 37.4 Å². The van der Waals surface area contributed by atoms with Crippen molar-refractivity contribution in [3.63, 3.8) is 0 Å². The molecule has 0 aromatic heterocycles. The second kappa shape index (κ2) is 5.90. The number of hydrogen-bond acceptors (Lipinski definition) is 1. The number of rotatable bonds is 5. The Labute approximate surface area is 111 Å². The molecule has 1 N–H and O–H groups in total. The molecular formula is C17H24O. The molecule has 0 aliphatic carbocycles. The van der Waals surface area contributed by atoms with Crippen molar-refractivity contribution >= 4 is 0 Å². The van der Waals surface area contributed by atoms with Crippen LogP contribution in [0.1, 0.15) is 37.5 Å². The van der Waals surface area contributed by atoms with Crippen LogP contribution in [0.25, 0.3) is 0 Å². The van der Waals surface area contributed by atoms with Crippen LogP contribution in [-0.4, -0.2) is 5.11 Å². The van der Waals surface area contributed by atoms with Gasteiger partial charge in [0.05, 0.1) is 0 Å². The van der Waals surface area contributed by atoms with Crippen molar-refractivity contribution in [2.75, 3.05) is 0 Å². The monoisotopic (exact) mass is 244 g/mol. The maximum atomic E-state index is 10.2. The van der Waals surface area contributed by atoms with Gasteiger partial charge in [0.25, 0.3) is 0 Å². The molecule has 0 heterocycles. The SMILES string of the molecule is C=CCc1cc(CC(C)(C)C)cc(CC=C)c1O. The fourth-order valence-corrected chi connectivity index (χ4v) is 2.17. The van der Waals surface area contributed by atoms with Gasteiger partial charge in [0.15, 0.2) is 0 Å². The van der Waals surface area contributed by atoms with Crippen LogP contribution >= 0.6 is 0 Å². The van der Waals surface area contributed by atoms with Gasteiger partial charge in [0.2, 0.25) is 0 Å². The van der Waals surface area contributed by atoms with E-state index in [9.17, 15) is 5.11 Å². The van der Waals surface area contributed by atoms with E-state index in [1.165, 1.54) is 5.56 Å². The summed E-state index contributed by atoms with van der Waals surface area (Å²) < 4.78 is 0. The average molecular weight is 244 g/mol. The van der Waals surface area contributed by atoms with Crippen LogP contribution in [-0.2, 0) is 19.3 Å². The fraction of sp³-hybridized carbons (Fsp3) is 0.412. The van der Waals surface area contributed by atoms with Crippen LogP contribution in [0, 0.1) is 5.41 Å². The molecule has 0 spiro atoms. The van der Waals surface area contributed by atoms with E-state index in [1.54, 1.807) is 0 Å². The number of allylic oxidation sites excluding steroid dienone is 2. The minimum atomic E-state index is 0.244. The highest BCUT2D eigenvalue weighted by Gasteiger charge is 2.14. The summed E-state index contributed by atoms with van der Waals surface area (Å²) in [6, 6.07) is 4.18. The summed E-state index contributed by atoms with van der Waals surface area (Å²) in [4.78, 5) is 0. The van der Waals surface area contributed by atoms with Crippen LogP contribution in [0.4, 0.5) is 0 Å². The lowest BCUT2D eigenvalue weighted by Gasteiger charge is -2.20. The second-order valence-corrected chi connectivity index (χ2v) is 5.99. The summed E-state index contributed by atoms with van der Waals surface area (Å²) >= 11 is 0. The van der Waals surface area contributed by atoms with E-state index >= 15 is 0 Å². The lowest BCUT2D eigenvalue weighted by molar-refractivity contribution is 0.410. The first kappa shape index (κ1) is 14.6. The first-order valence-corrected chi connectivity index (χ1v) is 6.43. The number of hydrogen-bond donors (Lipinski definition) is 1. The van der Waals surface area contributed by atoms with Crippen LogP contribution in [0.3, 0.4) is 0 Å². The molecular weight excluding hydrogens is 220 g/mol. The normalized spacial score (nSPS) is 11.3. The molecule has 0 radical (unpaired) electrons. The van der Waals surface area contributed by atoms with Gasteiger partial charge >= 0.3 is 0 Å². The molecule has 18 heavy (non-hydrogen) atoms. The van der Waals surface area contributed by atoms with Gasteiger partial charge in [-0.2, -0.15) is 0 Å². The smallest absolute Gasteiger partial charge is 0.122 e. The second-order valence-electron chi connectivity index (χ2n) is 5.99. The van der Waals surface area contributed by atoms with Gasteiger partial charge in [0.1, 0.15) is 5.75 Å². The molecule has 0 aliphatic heterocycles. The quantitative estimate of drug-likeness (QED) is 0.759. The topological polar surface area (TPSA) is 20.2 Å². The van der Waals surface area contributed by atoms with E-state index in [0.29, 0.717) is 18.6 Å². The van der Waals surface area contributed by atoms with E-state index in [4.69, 9.17) is 0 Å². The van der Waals surface area contributed by atoms with Crippen LogP contribution in [0.5, 0.6) is 5.75 Å². The van der Waals surface area contributed by atoms with Gasteiger partial charge in [-0.1, -0.05) is 45.1 Å². The van der Waals surface area contributed by atoms with Crippen molar-refractivity contribution in [1.29, 1.82) is 0 Å². The Morgan fingerprint density at radius 1 is 1.06 bits per heavy atom. The van der Waals surface area contributed by atoms with Gasteiger partial charge in [-0.15, -0.1) is 13.2 Å². The van der Waals surface area contributed by atoms with Crippen molar-refractivity contribution in [3.05, 3.63) is 54.1 Å². The Morgan fingerprint density at radius 3 is 1.83 bits per heavy atom. The van der Waals surface area contributed by atoms with E-state index in [-0.39, 0.29) is 5.41 Å². The first-order chi connectivity index (χ1) is 8.37. The zero-order valence-corrected chi connectivity index (χ0v) is 11.8. The molecule has 1 heteroatoms. The van der Waals surface area contributed by atoms with Crippen LogP contribution in [0.2, 0.25) is 0 Å². The predicted octanol–water partition coefficient (Wildman–Crippen LogP) is 4.44. The molecule has 1 aromatic rings. The van der Waals surface area contributed by atoms with Crippen molar-refractivity contribution in [2.24, 2.45) is 5.41 Å². The van der Waals surface area contributed by atoms with Crippen molar-refractivity contribution in [2.45, 2.75) is 40.0 Å². The molecule has 0 bridgehead atoms. The van der Waals surface area contributed by atoms with E-state index in [0.717, 1.165) is 17.5 Å². The Morgan fingerprint density at radius 2 is 1.50 bits per heavy atom. The zero-order chi connectivity index (χ0) is 13.8. The third kappa shape index (κ3) is 4.06. The summed E-state index contributed by atoms with van der Waals surface area (Å²) in [7, 11) is 0. The van der Waals surface area contributed by atoms with Crippen molar-refractivity contribution in [1.82, 2.24) is 0 Å². The highest BCUT2D eigenvalue weighted by molar-refractivity contribution is 5.45. The Bertz CT molecular complexity index is 404. The van der Waals surface area contributed by atoms with Gasteiger partial charge < -0.3 is 5.11 Å². The minimum Gasteiger partial charge on any atom is -0.507 e. The van der Waals surface area contributed by atoms with Gasteiger partial charge in [0, 0.05) is 0 Å². The van der Waals surface area contributed by atoms with Gasteiger partial charge in [-0.05, 0) is 41.4 Å². The lowest BCUT2D eigenvalue weighted by atomic mass is 9.86. The number of benzene rings is 1. The summed E-state index contributed by atoms with van der Waals surface area (Å²) in [5.74, 6) is 0.396. The largest absolute Gasteiger partial charge is 0.507 e. The van der Waals surface area contributed by atoms with Gasteiger partial charge in [-0.25, -0.2) is 0 Å². The summed E-state index contributed by atoms with van der Waals surface area (Å²) in [6.07, 6.45) is 6.06. The molecule has 0 saturated heterocycles. The molecule has 0 saturated carbocycles. The summed E-state index contributed by atoms with van der Waals surface area (Å²) in [5.41, 5.74) is 3.44. The number of aromatic hydroxyl groups is 1. The molecule has 1 rings (SSSR count). The molecule has 1 nitrogen and oxygen atoms in total. The molecule has 0 atom stereocenters. The fourth-order valence-electron chi connectivity index (χ4n) is 2.17. The molecule has 0 fully saturated rings. The maximum absolute atomic E-state index is 10.2. The molecule has 1 aromatic carbocycles. The average Bonchev–Trinajstić information content (AvgIpc) is 2.23. The lowest BCUT2D eigenvalue weighted by Crippen LogP contribution is -2.10. The van der Waals surface area contributed by atoms with Crippen molar-refractivity contribution in [3.8, 4) is 5.75 Å². The Kier molecular flexibility index (Phi) is 4.77. The molecule has 0 amide bonds. The predicted molar refractivity (Wildman–Crippen MR) is 79.1 cm³/mol. The van der Waals surface area contributed by atoms with E-state index in [1.807, 2.05) is 12.2 Å². The minimum absolute atomic E-state index is 0.244. The van der Waals surface area contributed by atoms with E-state index < -0.39 is 0 Å². The van der Waals surface area contributed by atoms with Crippen LogP contribution < -0.4 is 0 Å². The van der Waals surface area contributed by atoms with E-state index in [2.05, 4.69) is 46.1 Å². The van der Waals surface area contributed by atoms with Gasteiger partial charge in [-0.3, -0.25) is 0 Å². The maximum Gasteiger partial charge on any atom is 0.122 e. The third-order valence-electron chi connectivity index (χ3n) is 2.79.